The summed E-state index contributed by atoms with van der Waals surface area (Å²) in [5.41, 5.74) is 1.89. The Morgan fingerprint density at radius 2 is 1.50 bits per heavy atom. The lowest BCUT2D eigenvalue weighted by molar-refractivity contribution is -0.123. The first-order valence-electron chi connectivity index (χ1n) is 9.48. The summed E-state index contributed by atoms with van der Waals surface area (Å²) in [6, 6.07) is 23.2. The Balaban J connectivity index is 1.52. The minimum atomic E-state index is -0.948. The van der Waals surface area contributed by atoms with Crippen molar-refractivity contribution in [3.8, 4) is 11.5 Å². The van der Waals surface area contributed by atoms with Crippen molar-refractivity contribution in [3.63, 3.8) is 0 Å². The molecule has 154 valence electrons. The summed E-state index contributed by atoms with van der Waals surface area (Å²) >= 11 is 0. The second-order valence-electron chi connectivity index (χ2n) is 6.61. The molecule has 0 aliphatic rings. The van der Waals surface area contributed by atoms with Crippen molar-refractivity contribution < 1.29 is 23.8 Å². The minimum Gasteiger partial charge on any atom is -0.457 e. The minimum absolute atomic E-state index is 0.372. The highest BCUT2D eigenvalue weighted by atomic mass is 16.5. The normalized spacial score (nSPS) is 11.4. The number of carbonyl (C=O) groups is 2. The number of ether oxygens (including phenoxy) is 3. The summed E-state index contributed by atoms with van der Waals surface area (Å²) in [7, 11) is 1.60. The summed E-state index contributed by atoms with van der Waals surface area (Å²) in [4.78, 5) is 24.6. The summed E-state index contributed by atoms with van der Waals surface area (Å²) in [5, 5.41) is 2.73. The van der Waals surface area contributed by atoms with Gasteiger partial charge in [0.2, 0.25) is 0 Å². The number of carbonyl (C=O) groups excluding carboxylic acids is 2. The molecule has 0 heterocycles. The summed E-state index contributed by atoms with van der Waals surface area (Å²) in [6.07, 6.45) is -0.948. The van der Waals surface area contributed by atoms with Gasteiger partial charge in [-0.25, -0.2) is 4.79 Å². The summed E-state index contributed by atoms with van der Waals surface area (Å²) in [5.74, 6) is 0.393. The molecule has 6 nitrogen and oxygen atoms in total. The monoisotopic (exact) mass is 405 g/mol. The number of anilines is 1. The van der Waals surface area contributed by atoms with E-state index >= 15 is 0 Å². The molecule has 0 aromatic heterocycles. The number of para-hydroxylation sites is 1. The Bertz CT molecular complexity index is 969. The predicted molar refractivity (Wildman–Crippen MR) is 114 cm³/mol. The average Bonchev–Trinajstić information content (AvgIpc) is 2.76. The van der Waals surface area contributed by atoms with Gasteiger partial charge in [0.1, 0.15) is 11.5 Å². The van der Waals surface area contributed by atoms with Crippen molar-refractivity contribution in [3.05, 3.63) is 90.0 Å². The first-order chi connectivity index (χ1) is 14.5. The molecule has 0 fully saturated rings. The molecule has 1 amide bonds. The predicted octanol–water partition coefficient (Wildman–Crippen LogP) is 4.81. The van der Waals surface area contributed by atoms with E-state index < -0.39 is 18.0 Å². The van der Waals surface area contributed by atoms with Gasteiger partial charge in [-0.2, -0.15) is 0 Å². The van der Waals surface area contributed by atoms with Crippen molar-refractivity contribution in [1.82, 2.24) is 0 Å². The number of rotatable bonds is 8. The molecule has 0 aliphatic heterocycles. The van der Waals surface area contributed by atoms with E-state index in [1.807, 2.05) is 30.3 Å². The fourth-order valence-electron chi connectivity index (χ4n) is 2.66. The van der Waals surface area contributed by atoms with Gasteiger partial charge in [0.05, 0.1) is 12.2 Å². The van der Waals surface area contributed by atoms with Crippen LogP contribution < -0.4 is 10.1 Å². The molecule has 0 spiro atoms. The fraction of sp³-hybridized carbons (Fsp3) is 0.167. The van der Waals surface area contributed by atoms with E-state index in [4.69, 9.17) is 14.2 Å². The number of benzene rings is 3. The van der Waals surface area contributed by atoms with Gasteiger partial charge in [0.25, 0.3) is 5.91 Å². The Kier molecular flexibility index (Phi) is 7.19. The molecule has 6 heteroatoms. The molecule has 0 radical (unpaired) electrons. The number of nitrogens with one attached hydrogen (secondary N) is 1. The molecule has 30 heavy (non-hydrogen) atoms. The van der Waals surface area contributed by atoms with E-state index in [0.717, 1.165) is 11.3 Å². The van der Waals surface area contributed by atoms with Crippen LogP contribution in [0.5, 0.6) is 11.5 Å². The van der Waals surface area contributed by atoms with E-state index in [2.05, 4.69) is 5.32 Å². The van der Waals surface area contributed by atoms with Crippen LogP contribution in [0.3, 0.4) is 0 Å². The first-order valence-corrected chi connectivity index (χ1v) is 9.48. The lowest BCUT2D eigenvalue weighted by Gasteiger charge is -2.14. The summed E-state index contributed by atoms with van der Waals surface area (Å²) in [6.45, 7) is 1.99. The number of esters is 1. The molecule has 3 rings (SSSR count). The largest absolute Gasteiger partial charge is 0.457 e. The van der Waals surface area contributed by atoms with E-state index in [9.17, 15) is 9.59 Å². The highest BCUT2D eigenvalue weighted by Crippen LogP contribution is 2.22. The molecule has 1 N–H and O–H groups in total. The van der Waals surface area contributed by atoms with Crippen LogP contribution >= 0.6 is 0 Å². The third-order valence-electron chi connectivity index (χ3n) is 4.25. The van der Waals surface area contributed by atoms with Crippen LogP contribution in [0.15, 0.2) is 78.9 Å². The molecular formula is C24H23NO5. The highest BCUT2D eigenvalue weighted by Gasteiger charge is 2.19. The number of amides is 1. The molecule has 1 atom stereocenters. The molecule has 0 saturated heterocycles. The Labute approximate surface area is 175 Å². The van der Waals surface area contributed by atoms with Gasteiger partial charge in [0, 0.05) is 12.8 Å². The van der Waals surface area contributed by atoms with Crippen LogP contribution in [0, 0.1) is 0 Å². The van der Waals surface area contributed by atoms with Gasteiger partial charge in [-0.05, 0) is 61.0 Å². The van der Waals surface area contributed by atoms with Crippen molar-refractivity contribution in [2.45, 2.75) is 19.6 Å². The molecule has 0 saturated carbocycles. The van der Waals surface area contributed by atoms with Gasteiger partial charge >= 0.3 is 5.97 Å². The number of hydrogen-bond donors (Lipinski definition) is 1. The maximum atomic E-state index is 12.4. The van der Waals surface area contributed by atoms with Crippen LogP contribution in [0.4, 0.5) is 5.69 Å². The Hall–Kier alpha value is -3.64. The van der Waals surface area contributed by atoms with E-state index in [1.54, 1.807) is 55.6 Å². The second kappa shape index (κ2) is 10.2. The zero-order valence-corrected chi connectivity index (χ0v) is 16.8. The van der Waals surface area contributed by atoms with Crippen molar-refractivity contribution in [2.24, 2.45) is 0 Å². The van der Waals surface area contributed by atoms with Crippen LogP contribution in [-0.2, 0) is 20.9 Å². The maximum absolute atomic E-state index is 12.4. The zero-order valence-electron chi connectivity index (χ0n) is 16.8. The lowest BCUT2D eigenvalue weighted by atomic mass is 10.1. The number of methoxy groups -OCH3 is 1. The van der Waals surface area contributed by atoms with Crippen molar-refractivity contribution >= 4 is 17.6 Å². The molecule has 1 unspecified atom stereocenters. The molecule has 3 aromatic carbocycles. The highest BCUT2D eigenvalue weighted by molar-refractivity contribution is 5.97. The number of hydrogen-bond acceptors (Lipinski definition) is 5. The average molecular weight is 405 g/mol. The first kappa shape index (κ1) is 21.1. The van der Waals surface area contributed by atoms with E-state index in [-0.39, 0.29) is 0 Å². The van der Waals surface area contributed by atoms with Crippen LogP contribution in [0.2, 0.25) is 0 Å². The molecule has 0 aliphatic carbocycles. The van der Waals surface area contributed by atoms with Gasteiger partial charge in [-0.15, -0.1) is 0 Å². The third kappa shape index (κ3) is 5.93. The van der Waals surface area contributed by atoms with Crippen molar-refractivity contribution in [1.29, 1.82) is 0 Å². The topological polar surface area (TPSA) is 73.9 Å². The third-order valence-corrected chi connectivity index (χ3v) is 4.25. The SMILES string of the molecule is COCc1ccc(C(=O)OC(C)C(=O)Nc2ccc(Oc3ccccc3)cc2)cc1. The second-order valence-corrected chi connectivity index (χ2v) is 6.61. The van der Waals surface area contributed by atoms with Crippen LogP contribution in [-0.4, -0.2) is 25.1 Å². The lowest BCUT2D eigenvalue weighted by Crippen LogP contribution is -2.30. The molecule has 0 bridgehead atoms. The van der Waals surface area contributed by atoms with Gasteiger partial charge in [-0.3, -0.25) is 4.79 Å². The van der Waals surface area contributed by atoms with Gasteiger partial charge in [0.15, 0.2) is 6.10 Å². The van der Waals surface area contributed by atoms with Gasteiger partial charge < -0.3 is 19.5 Å². The smallest absolute Gasteiger partial charge is 0.338 e. The quantitative estimate of drug-likeness (QED) is 0.545. The van der Waals surface area contributed by atoms with E-state index in [0.29, 0.717) is 23.6 Å². The molecule has 3 aromatic rings. The summed E-state index contributed by atoms with van der Waals surface area (Å²) < 4.78 is 16.0. The van der Waals surface area contributed by atoms with Crippen LogP contribution in [0.1, 0.15) is 22.8 Å². The maximum Gasteiger partial charge on any atom is 0.338 e. The molecular weight excluding hydrogens is 382 g/mol. The fourth-order valence-corrected chi connectivity index (χ4v) is 2.66. The zero-order chi connectivity index (χ0) is 21.3. The van der Waals surface area contributed by atoms with Gasteiger partial charge in [-0.1, -0.05) is 30.3 Å². The standard InChI is InChI=1S/C24H23NO5/c1-17(29-24(27)19-10-8-18(9-11-19)16-28-2)23(26)25-20-12-14-22(15-13-20)30-21-6-4-3-5-7-21/h3-15,17H,16H2,1-2H3,(H,25,26). The van der Waals surface area contributed by atoms with E-state index in [1.165, 1.54) is 6.92 Å². The Morgan fingerprint density at radius 3 is 2.13 bits per heavy atom. The van der Waals surface area contributed by atoms with Crippen LogP contribution in [0.25, 0.3) is 0 Å². The Morgan fingerprint density at radius 1 is 0.867 bits per heavy atom. The van der Waals surface area contributed by atoms with Crippen molar-refractivity contribution in [2.75, 3.05) is 12.4 Å².